The van der Waals surface area contributed by atoms with E-state index >= 15 is 0 Å². The van der Waals surface area contributed by atoms with Crippen molar-refractivity contribution in [2.45, 2.75) is 33.9 Å². The highest BCUT2D eigenvalue weighted by atomic mass is 16.5. The van der Waals surface area contributed by atoms with Crippen molar-refractivity contribution in [2.24, 2.45) is 0 Å². The van der Waals surface area contributed by atoms with E-state index in [1.54, 1.807) is 0 Å². The number of hydrogen-bond acceptors (Lipinski definition) is 2. The van der Waals surface area contributed by atoms with E-state index < -0.39 is 0 Å². The fraction of sp³-hybridized carbons (Fsp3) is 0.333. The number of anilines is 1. The van der Waals surface area contributed by atoms with E-state index in [1.165, 1.54) is 16.8 Å². The molecule has 2 rings (SSSR count). The van der Waals surface area contributed by atoms with Crippen molar-refractivity contribution in [3.63, 3.8) is 0 Å². The summed E-state index contributed by atoms with van der Waals surface area (Å²) in [4.78, 5) is 2.25. The third kappa shape index (κ3) is 3.32. The minimum absolute atomic E-state index is 0.00352. The zero-order valence-corrected chi connectivity index (χ0v) is 12.8. The Labute approximate surface area is 122 Å². The van der Waals surface area contributed by atoms with Crippen LogP contribution < -0.4 is 9.64 Å². The fourth-order valence-corrected chi connectivity index (χ4v) is 2.45. The lowest BCUT2D eigenvalue weighted by Crippen LogP contribution is -2.37. The molecule has 0 bridgehead atoms. The van der Waals surface area contributed by atoms with Gasteiger partial charge in [-0.3, -0.25) is 0 Å². The van der Waals surface area contributed by atoms with Crippen molar-refractivity contribution in [1.82, 2.24) is 0 Å². The van der Waals surface area contributed by atoms with Crippen LogP contribution >= 0.6 is 0 Å². The molecule has 2 heteroatoms. The normalized spacial score (nSPS) is 12.0. The smallest absolute Gasteiger partial charge is 0.169 e. The standard InChI is InChI=1S/C18H23NO/c1-5-19(17-9-7-6-8-10-17)16(4)20-18-12-11-14(2)13-15(18)3/h6-13,16H,5H2,1-4H3. The zero-order chi connectivity index (χ0) is 14.5. The largest absolute Gasteiger partial charge is 0.471 e. The van der Waals surface area contributed by atoms with Gasteiger partial charge in [-0.25, -0.2) is 0 Å². The second-order valence-electron chi connectivity index (χ2n) is 5.11. The highest BCUT2D eigenvalue weighted by molar-refractivity contribution is 5.46. The molecule has 2 aromatic carbocycles. The number of aryl methyl sites for hydroxylation is 2. The Morgan fingerprint density at radius 3 is 2.35 bits per heavy atom. The van der Waals surface area contributed by atoms with Crippen LogP contribution in [0.15, 0.2) is 48.5 Å². The monoisotopic (exact) mass is 269 g/mol. The Morgan fingerprint density at radius 2 is 1.75 bits per heavy atom. The zero-order valence-electron chi connectivity index (χ0n) is 12.8. The van der Waals surface area contributed by atoms with Crippen LogP contribution in [0.3, 0.4) is 0 Å². The van der Waals surface area contributed by atoms with Gasteiger partial charge in [0.05, 0.1) is 0 Å². The van der Waals surface area contributed by atoms with Crippen LogP contribution in [0.5, 0.6) is 5.75 Å². The van der Waals surface area contributed by atoms with E-state index in [0.29, 0.717) is 0 Å². The van der Waals surface area contributed by atoms with Crippen LogP contribution in [0.1, 0.15) is 25.0 Å². The predicted molar refractivity (Wildman–Crippen MR) is 85.5 cm³/mol. The Morgan fingerprint density at radius 1 is 1.05 bits per heavy atom. The van der Waals surface area contributed by atoms with Gasteiger partial charge < -0.3 is 9.64 Å². The lowest BCUT2D eigenvalue weighted by molar-refractivity contribution is 0.215. The van der Waals surface area contributed by atoms with Crippen molar-refractivity contribution in [3.8, 4) is 5.75 Å². The second-order valence-corrected chi connectivity index (χ2v) is 5.11. The Balaban J connectivity index is 2.15. The third-order valence-electron chi connectivity index (χ3n) is 3.50. The summed E-state index contributed by atoms with van der Waals surface area (Å²) >= 11 is 0. The molecule has 2 aromatic rings. The van der Waals surface area contributed by atoms with Gasteiger partial charge in [-0.1, -0.05) is 35.9 Å². The molecule has 0 saturated heterocycles. The van der Waals surface area contributed by atoms with Crippen LogP contribution in [-0.4, -0.2) is 12.8 Å². The number of ether oxygens (including phenoxy) is 1. The molecule has 0 N–H and O–H groups in total. The van der Waals surface area contributed by atoms with Crippen LogP contribution in [0.25, 0.3) is 0 Å². The van der Waals surface area contributed by atoms with Gasteiger partial charge in [0.15, 0.2) is 6.23 Å². The van der Waals surface area contributed by atoms with Crippen molar-refractivity contribution in [2.75, 3.05) is 11.4 Å². The molecule has 0 saturated carbocycles. The molecule has 0 amide bonds. The molecule has 0 heterocycles. The predicted octanol–water partition coefficient (Wildman–Crippen LogP) is 4.55. The summed E-state index contributed by atoms with van der Waals surface area (Å²) in [5.74, 6) is 0.956. The number of hydrogen-bond donors (Lipinski definition) is 0. The molecular weight excluding hydrogens is 246 g/mol. The van der Waals surface area contributed by atoms with Crippen molar-refractivity contribution < 1.29 is 4.74 Å². The first kappa shape index (κ1) is 14.4. The average molecular weight is 269 g/mol. The maximum Gasteiger partial charge on any atom is 0.169 e. The first-order chi connectivity index (χ1) is 9.61. The number of nitrogens with zero attached hydrogens (tertiary/aromatic N) is 1. The van der Waals surface area contributed by atoms with Crippen LogP contribution in [0.4, 0.5) is 5.69 Å². The summed E-state index contributed by atoms with van der Waals surface area (Å²) in [6, 6.07) is 16.7. The second kappa shape index (κ2) is 6.47. The SMILES string of the molecule is CCN(c1ccccc1)C(C)Oc1ccc(C)cc1C. The van der Waals surface area contributed by atoms with Gasteiger partial charge >= 0.3 is 0 Å². The summed E-state index contributed by atoms with van der Waals surface area (Å²) in [5, 5.41) is 0. The highest BCUT2D eigenvalue weighted by Crippen LogP contribution is 2.23. The van der Waals surface area contributed by atoms with Gasteiger partial charge in [0.25, 0.3) is 0 Å². The number of benzene rings is 2. The van der Waals surface area contributed by atoms with E-state index in [4.69, 9.17) is 4.74 Å². The summed E-state index contributed by atoms with van der Waals surface area (Å²) in [7, 11) is 0. The topological polar surface area (TPSA) is 12.5 Å². The van der Waals surface area contributed by atoms with Crippen molar-refractivity contribution >= 4 is 5.69 Å². The first-order valence-electron chi connectivity index (χ1n) is 7.17. The number of rotatable bonds is 5. The van der Waals surface area contributed by atoms with E-state index in [2.05, 4.69) is 75.1 Å². The molecule has 0 spiro atoms. The van der Waals surface area contributed by atoms with Crippen molar-refractivity contribution in [1.29, 1.82) is 0 Å². The lowest BCUT2D eigenvalue weighted by Gasteiger charge is -2.30. The number of para-hydroxylation sites is 1. The molecule has 1 atom stereocenters. The Bertz CT molecular complexity index is 551. The molecule has 0 aliphatic heterocycles. The fourth-order valence-electron chi connectivity index (χ4n) is 2.45. The molecule has 0 aliphatic rings. The van der Waals surface area contributed by atoms with Gasteiger partial charge in [-0.2, -0.15) is 0 Å². The van der Waals surface area contributed by atoms with Crippen LogP contribution in [-0.2, 0) is 0 Å². The molecule has 20 heavy (non-hydrogen) atoms. The van der Waals surface area contributed by atoms with E-state index in [1.807, 2.05) is 6.07 Å². The lowest BCUT2D eigenvalue weighted by atomic mass is 10.1. The molecule has 0 fully saturated rings. The van der Waals surface area contributed by atoms with Gasteiger partial charge in [0, 0.05) is 12.2 Å². The summed E-state index contributed by atoms with van der Waals surface area (Å²) in [6.45, 7) is 9.34. The van der Waals surface area contributed by atoms with E-state index in [0.717, 1.165) is 12.3 Å². The quantitative estimate of drug-likeness (QED) is 0.738. The molecule has 0 aromatic heterocycles. The molecule has 2 nitrogen and oxygen atoms in total. The highest BCUT2D eigenvalue weighted by Gasteiger charge is 2.14. The third-order valence-corrected chi connectivity index (χ3v) is 3.50. The van der Waals surface area contributed by atoms with E-state index in [9.17, 15) is 0 Å². The van der Waals surface area contributed by atoms with E-state index in [-0.39, 0.29) is 6.23 Å². The maximum atomic E-state index is 6.13. The summed E-state index contributed by atoms with van der Waals surface area (Å²) in [6.07, 6.45) is 0.00352. The molecule has 0 aliphatic carbocycles. The first-order valence-corrected chi connectivity index (χ1v) is 7.17. The van der Waals surface area contributed by atoms with Crippen LogP contribution in [0, 0.1) is 13.8 Å². The van der Waals surface area contributed by atoms with Gasteiger partial charge in [0.1, 0.15) is 5.75 Å². The Kier molecular flexibility index (Phi) is 4.67. The summed E-state index contributed by atoms with van der Waals surface area (Å²) in [5.41, 5.74) is 3.63. The van der Waals surface area contributed by atoms with Gasteiger partial charge in [0.2, 0.25) is 0 Å². The van der Waals surface area contributed by atoms with Gasteiger partial charge in [-0.15, -0.1) is 0 Å². The van der Waals surface area contributed by atoms with Crippen LogP contribution in [0.2, 0.25) is 0 Å². The maximum absolute atomic E-state index is 6.13. The minimum atomic E-state index is 0.00352. The van der Waals surface area contributed by atoms with Gasteiger partial charge in [-0.05, 0) is 51.5 Å². The summed E-state index contributed by atoms with van der Waals surface area (Å²) < 4.78 is 6.13. The molecule has 106 valence electrons. The molecule has 0 radical (unpaired) electrons. The average Bonchev–Trinajstić information content (AvgIpc) is 2.44. The Hall–Kier alpha value is -1.96. The minimum Gasteiger partial charge on any atom is -0.471 e. The molecule has 1 unspecified atom stereocenters. The van der Waals surface area contributed by atoms with Crippen molar-refractivity contribution in [3.05, 3.63) is 59.7 Å². The molecular formula is C18H23NO.